The van der Waals surface area contributed by atoms with E-state index in [4.69, 9.17) is 0 Å². The van der Waals surface area contributed by atoms with Gasteiger partial charge in [-0.05, 0) is 67.9 Å². The molecule has 5 nitrogen and oxygen atoms in total. The van der Waals surface area contributed by atoms with Gasteiger partial charge in [0.05, 0.1) is 5.75 Å². The molecule has 0 unspecified atom stereocenters. The van der Waals surface area contributed by atoms with Gasteiger partial charge in [0.15, 0.2) is 0 Å². The Labute approximate surface area is 205 Å². The van der Waals surface area contributed by atoms with Gasteiger partial charge in [0.1, 0.15) is 0 Å². The van der Waals surface area contributed by atoms with E-state index in [1.54, 1.807) is 4.31 Å². The van der Waals surface area contributed by atoms with Crippen LogP contribution in [0.4, 0.5) is 5.69 Å². The predicted molar refractivity (Wildman–Crippen MR) is 140 cm³/mol. The van der Waals surface area contributed by atoms with Crippen LogP contribution >= 0.6 is 0 Å². The fourth-order valence-corrected chi connectivity index (χ4v) is 7.50. The smallest absolute Gasteiger partial charge is 0.214 e. The summed E-state index contributed by atoms with van der Waals surface area (Å²) in [7, 11) is -3.23. The number of anilines is 1. The van der Waals surface area contributed by atoms with Crippen molar-refractivity contribution in [1.82, 2.24) is 9.21 Å². The summed E-state index contributed by atoms with van der Waals surface area (Å²) in [6, 6.07) is 15.9. The maximum atomic E-state index is 13.0. The topological polar surface area (TPSA) is 43.9 Å². The fraction of sp³-hybridized carbons (Fsp3) is 0.571. The normalized spacial score (nSPS) is 20.9. The summed E-state index contributed by atoms with van der Waals surface area (Å²) in [6.07, 6.45) is 8.40. The van der Waals surface area contributed by atoms with Crippen LogP contribution in [0.1, 0.15) is 47.9 Å². The van der Waals surface area contributed by atoms with E-state index in [0.717, 1.165) is 37.5 Å². The van der Waals surface area contributed by atoms with E-state index in [1.807, 2.05) is 25.1 Å². The quantitative estimate of drug-likeness (QED) is 0.625. The molecule has 2 aliphatic heterocycles. The third-order valence-corrected chi connectivity index (χ3v) is 9.97. The van der Waals surface area contributed by atoms with Crippen molar-refractivity contribution in [2.45, 2.75) is 57.9 Å². The van der Waals surface area contributed by atoms with Crippen molar-refractivity contribution in [2.75, 3.05) is 49.9 Å². The number of fused-ring (bicyclic) bond motifs is 1. The average Bonchev–Trinajstić information content (AvgIpc) is 3.30. The first-order valence-corrected chi connectivity index (χ1v) is 14.7. The Kier molecular flexibility index (Phi) is 7.28. The summed E-state index contributed by atoms with van der Waals surface area (Å²) < 4.78 is 27.6. The Balaban J connectivity index is 1.17. The second-order valence-corrected chi connectivity index (χ2v) is 12.5. The highest BCUT2D eigenvalue weighted by molar-refractivity contribution is 7.89. The maximum Gasteiger partial charge on any atom is 0.214 e. The van der Waals surface area contributed by atoms with Gasteiger partial charge in [0.25, 0.3) is 0 Å². The molecule has 2 aromatic carbocycles. The van der Waals surface area contributed by atoms with Crippen molar-refractivity contribution in [3.05, 3.63) is 64.7 Å². The Morgan fingerprint density at radius 2 is 1.59 bits per heavy atom. The van der Waals surface area contributed by atoms with E-state index in [2.05, 4.69) is 34.1 Å². The van der Waals surface area contributed by atoms with Gasteiger partial charge in [0.2, 0.25) is 10.0 Å². The van der Waals surface area contributed by atoms with Crippen LogP contribution in [0, 0.1) is 6.92 Å². The van der Waals surface area contributed by atoms with Crippen LogP contribution in [0.2, 0.25) is 0 Å². The molecule has 0 atom stereocenters. The summed E-state index contributed by atoms with van der Waals surface area (Å²) in [5, 5.41) is 0. The molecule has 2 heterocycles. The van der Waals surface area contributed by atoms with Crippen molar-refractivity contribution in [3.8, 4) is 0 Å². The van der Waals surface area contributed by atoms with E-state index in [-0.39, 0.29) is 5.75 Å². The lowest BCUT2D eigenvalue weighted by Crippen LogP contribution is -2.49. The van der Waals surface area contributed by atoms with Gasteiger partial charge in [-0.25, -0.2) is 8.42 Å². The van der Waals surface area contributed by atoms with Crippen molar-refractivity contribution in [2.24, 2.45) is 0 Å². The van der Waals surface area contributed by atoms with Crippen molar-refractivity contribution in [3.63, 3.8) is 0 Å². The zero-order chi connectivity index (χ0) is 23.5. The second kappa shape index (κ2) is 10.4. The third-order valence-electron chi connectivity index (χ3n) is 8.10. The molecule has 0 N–H and O–H groups in total. The van der Waals surface area contributed by atoms with Gasteiger partial charge in [-0.2, -0.15) is 4.31 Å². The lowest BCUT2D eigenvalue weighted by molar-refractivity contribution is 0.208. The molecule has 0 aromatic heterocycles. The Hall–Kier alpha value is -1.89. The largest absolute Gasteiger partial charge is 0.369 e. The van der Waals surface area contributed by atoms with Gasteiger partial charge < -0.3 is 4.90 Å². The van der Waals surface area contributed by atoms with Gasteiger partial charge in [-0.15, -0.1) is 0 Å². The standard InChI is InChI=1S/C28H39N3O2S/c1-23-5-4-6-24(21-23)13-20-34(32,33)31-18-16-30(17-19-31)28-10-9-25-11-14-29(15-12-26(25)22-28)27-7-2-3-8-27/h4-6,9-10,21-22,27H,2-3,7-8,11-20H2,1H3. The summed E-state index contributed by atoms with van der Waals surface area (Å²) in [4.78, 5) is 5.10. The van der Waals surface area contributed by atoms with Crippen LogP contribution in [-0.2, 0) is 29.3 Å². The maximum absolute atomic E-state index is 13.0. The van der Waals surface area contributed by atoms with E-state index in [0.29, 0.717) is 19.5 Å². The number of aryl methyl sites for hydroxylation is 2. The van der Waals surface area contributed by atoms with Crippen molar-refractivity contribution < 1.29 is 8.42 Å². The predicted octanol–water partition coefficient (Wildman–Crippen LogP) is 4.03. The SMILES string of the molecule is Cc1cccc(CCS(=O)(=O)N2CCN(c3ccc4c(c3)CCN(C3CCCC3)CC4)CC2)c1. The first-order chi connectivity index (χ1) is 16.5. The zero-order valence-electron chi connectivity index (χ0n) is 20.6. The van der Waals surface area contributed by atoms with Crippen LogP contribution < -0.4 is 4.90 Å². The van der Waals surface area contributed by atoms with Gasteiger partial charge in [0, 0.05) is 51.0 Å². The highest BCUT2D eigenvalue weighted by atomic mass is 32.2. The molecule has 0 spiro atoms. The molecule has 0 radical (unpaired) electrons. The number of rotatable bonds is 6. The number of piperazine rings is 1. The molecule has 0 bridgehead atoms. The van der Waals surface area contributed by atoms with E-state index >= 15 is 0 Å². The first-order valence-electron chi connectivity index (χ1n) is 13.1. The molecule has 5 rings (SSSR count). The minimum absolute atomic E-state index is 0.187. The molecule has 3 aliphatic rings. The highest BCUT2D eigenvalue weighted by Gasteiger charge is 2.28. The molecule has 1 saturated heterocycles. The number of benzene rings is 2. The summed E-state index contributed by atoms with van der Waals surface area (Å²) in [5.74, 6) is 0.187. The fourth-order valence-electron chi connectivity index (χ4n) is 6.03. The van der Waals surface area contributed by atoms with Crippen molar-refractivity contribution >= 4 is 15.7 Å². The lowest BCUT2D eigenvalue weighted by Gasteiger charge is -2.35. The summed E-state index contributed by atoms with van der Waals surface area (Å²) in [5.41, 5.74) is 6.52. The zero-order valence-corrected chi connectivity index (χ0v) is 21.4. The van der Waals surface area contributed by atoms with Crippen LogP contribution in [0.3, 0.4) is 0 Å². The number of sulfonamides is 1. The minimum Gasteiger partial charge on any atom is -0.369 e. The average molecular weight is 482 g/mol. The molecular weight excluding hydrogens is 442 g/mol. The highest BCUT2D eigenvalue weighted by Crippen LogP contribution is 2.28. The molecule has 34 heavy (non-hydrogen) atoms. The van der Waals surface area contributed by atoms with Crippen LogP contribution in [0.15, 0.2) is 42.5 Å². The molecule has 1 saturated carbocycles. The molecular formula is C28H39N3O2S. The van der Waals surface area contributed by atoms with Gasteiger partial charge in [-0.1, -0.05) is 48.7 Å². The number of hydrogen-bond donors (Lipinski definition) is 0. The first kappa shape index (κ1) is 23.8. The number of nitrogens with zero attached hydrogens (tertiary/aromatic N) is 3. The van der Waals surface area contributed by atoms with Crippen molar-refractivity contribution in [1.29, 1.82) is 0 Å². The number of hydrogen-bond acceptors (Lipinski definition) is 4. The Bertz CT molecular complexity index is 1090. The summed E-state index contributed by atoms with van der Waals surface area (Å²) in [6.45, 7) is 7.08. The van der Waals surface area contributed by atoms with Crippen LogP contribution in [0.25, 0.3) is 0 Å². The lowest BCUT2D eigenvalue weighted by atomic mass is 10.0. The van der Waals surface area contributed by atoms with E-state index < -0.39 is 10.0 Å². The molecule has 6 heteroatoms. The second-order valence-electron chi connectivity index (χ2n) is 10.4. The molecule has 2 aromatic rings. The minimum atomic E-state index is -3.23. The van der Waals surface area contributed by atoms with Crippen LogP contribution in [-0.4, -0.2) is 68.7 Å². The molecule has 0 amide bonds. The Morgan fingerprint density at radius 1 is 0.853 bits per heavy atom. The monoisotopic (exact) mass is 481 g/mol. The Morgan fingerprint density at radius 3 is 2.32 bits per heavy atom. The molecule has 2 fully saturated rings. The van der Waals surface area contributed by atoms with Gasteiger partial charge >= 0.3 is 0 Å². The molecule has 1 aliphatic carbocycles. The third kappa shape index (κ3) is 5.50. The molecule has 184 valence electrons. The summed E-state index contributed by atoms with van der Waals surface area (Å²) >= 11 is 0. The van der Waals surface area contributed by atoms with Gasteiger partial charge in [-0.3, -0.25) is 4.90 Å². The van der Waals surface area contributed by atoms with E-state index in [9.17, 15) is 8.42 Å². The van der Waals surface area contributed by atoms with Crippen LogP contribution in [0.5, 0.6) is 0 Å². The van der Waals surface area contributed by atoms with E-state index in [1.165, 1.54) is 61.2 Å².